The minimum atomic E-state index is 0.604. The minimum Gasteiger partial charge on any atom is -0.357 e. The molecule has 0 radical (unpaired) electrons. The molecule has 0 aromatic carbocycles. The van der Waals surface area contributed by atoms with E-state index in [9.17, 15) is 0 Å². The first-order chi connectivity index (χ1) is 8.29. The van der Waals surface area contributed by atoms with Gasteiger partial charge in [-0.25, -0.2) is 0 Å². The molecule has 0 amide bonds. The predicted molar refractivity (Wildman–Crippen MR) is 67.3 cm³/mol. The zero-order valence-corrected chi connectivity index (χ0v) is 10.1. The molecule has 1 aliphatic rings. The Bertz CT molecular complexity index is 530. The maximum Gasteiger partial charge on any atom is 0.226 e. The fourth-order valence-electron chi connectivity index (χ4n) is 2.15. The van der Waals surface area contributed by atoms with Crippen molar-refractivity contribution in [1.82, 2.24) is 20.2 Å². The first-order valence-corrected chi connectivity index (χ1v) is 5.91. The SMILES string of the molecule is CNc1nc(N(C)C2CCC2)c2cn[nH]c2n1. The summed E-state index contributed by atoms with van der Waals surface area (Å²) in [7, 11) is 3.92. The summed E-state index contributed by atoms with van der Waals surface area (Å²) in [5.74, 6) is 1.58. The van der Waals surface area contributed by atoms with E-state index < -0.39 is 0 Å². The van der Waals surface area contributed by atoms with Gasteiger partial charge in [0.05, 0.1) is 11.6 Å². The third-order valence-electron chi connectivity index (χ3n) is 3.47. The second kappa shape index (κ2) is 3.87. The Labute approximate surface area is 99.4 Å². The standard InChI is InChI=1S/C11H16N6/c1-12-11-14-9-8(6-13-16-9)10(15-11)17(2)7-4-3-5-7/h6-7H,3-5H2,1-2H3,(H2,12,13,14,15,16). The van der Waals surface area contributed by atoms with Crippen LogP contribution in [0.5, 0.6) is 0 Å². The van der Waals surface area contributed by atoms with Crippen molar-refractivity contribution in [1.29, 1.82) is 0 Å². The lowest BCUT2D eigenvalue weighted by Crippen LogP contribution is -2.37. The molecule has 2 N–H and O–H groups in total. The van der Waals surface area contributed by atoms with Crippen LogP contribution < -0.4 is 10.2 Å². The summed E-state index contributed by atoms with van der Waals surface area (Å²) in [6, 6.07) is 0.604. The molecule has 90 valence electrons. The molecule has 1 aliphatic carbocycles. The molecule has 0 atom stereocenters. The van der Waals surface area contributed by atoms with Gasteiger partial charge in [-0.1, -0.05) is 0 Å². The molecule has 17 heavy (non-hydrogen) atoms. The van der Waals surface area contributed by atoms with Gasteiger partial charge in [0.2, 0.25) is 5.95 Å². The highest BCUT2D eigenvalue weighted by Gasteiger charge is 2.25. The summed E-state index contributed by atoms with van der Waals surface area (Å²) in [5, 5.41) is 10.9. The highest BCUT2D eigenvalue weighted by Crippen LogP contribution is 2.31. The summed E-state index contributed by atoms with van der Waals surface area (Å²) < 4.78 is 0. The number of hydrogen-bond acceptors (Lipinski definition) is 5. The van der Waals surface area contributed by atoms with Crippen LogP contribution in [0.2, 0.25) is 0 Å². The van der Waals surface area contributed by atoms with Crippen LogP contribution in [0.3, 0.4) is 0 Å². The summed E-state index contributed by atoms with van der Waals surface area (Å²) in [6.45, 7) is 0. The molecule has 1 fully saturated rings. The molecule has 6 nitrogen and oxygen atoms in total. The van der Waals surface area contributed by atoms with Crippen LogP contribution in [-0.4, -0.2) is 40.3 Å². The predicted octanol–water partition coefficient (Wildman–Crippen LogP) is 1.38. The Morgan fingerprint density at radius 1 is 1.41 bits per heavy atom. The van der Waals surface area contributed by atoms with Crippen LogP contribution in [0.1, 0.15) is 19.3 Å². The van der Waals surface area contributed by atoms with Crippen LogP contribution in [0.15, 0.2) is 6.20 Å². The largest absolute Gasteiger partial charge is 0.357 e. The smallest absolute Gasteiger partial charge is 0.226 e. The van der Waals surface area contributed by atoms with Crippen LogP contribution >= 0.6 is 0 Å². The van der Waals surface area contributed by atoms with E-state index in [0.29, 0.717) is 12.0 Å². The summed E-state index contributed by atoms with van der Waals surface area (Å²) in [5.41, 5.74) is 0.783. The monoisotopic (exact) mass is 232 g/mol. The maximum atomic E-state index is 4.54. The topological polar surface area (TPSA) is 69.7 Å². The third-order valence-corrected chi connectivity index (χ3v) is 3.47. The molecule has 2 aromatic heterocycles. The van der Waals surface area contributed by atoms with Gasteiger partial charge >= 0.3 is 0 Å². The van der Waals surface area contributed by atoms with E-state index in [2.05, 4.69) is 37.4 Å². The average Bonchev–Trinajstić information content (AvgIpc) is 2.72. The number of nitrogens with zero attached hydrogens (tertiary/aromatic N) is 4. The lowest BCUT2D eigenvalue weighted by Gasteiger charge is -2.35. The second-order valence-electron chi connectivity index (χ2n) is 4.45. The van der Waals surface area contributed by atoms with Crippen LogP contribution in [0, 0.1) is 0 Å². The van der Waals surface area contributed by atoms with Gasteiger partial charge in [-0.3, -0.25) is 5.10 Å². The van der Waals surface area contributed by atoms with E-state index in [1.807, 2.05) is 7.05 Å². The third kappa shape index (κ3) is 1.60. The molecule has 2 aromatic rings. The summed E-state index contributed by atoms with van der Waals surface area (Å²) >= 11 is 0. The Hall–Kier alpha value is -1.85. The first-order valence-electron chi connectivity index (χ1n) is 5.91. The first kappa shape index (κ1) is 10.3. The molecule has 0 saturated heterocycles. The molecule has 6 heteroatoms. The highest BCUT2D eigenvalue weighted by atomic mass is 15.3. The average molecular weight is 232 g/mol. The number of rotatable bonds is 3. The van der Waals surface area contributed by atoms with Crippen molar-refractivity contribution < 1.29 is 0 Å². The minimum absolute atomic E-state index is 0.604. The number of anilines is 2. The number of aromatic nitrogens is 4. The van der Waals surface area contributed by atoms with E-state index in [0.717, 1.165) is 16.9 Å². The van der Waals surface area contributed by atoms with Crippen molar-refractivity contribution in [2.24, 2.45) is 0 Å². The zero-order chi connectivity index (χ0) is 11.8. The van der Waals surface area contributed by atoms with E-state index in [1.165, 1.54) is 19.3 Å². The van der Waals surface area contributed by atoms with Gasteiger partial charge in [0, 0.05) is 20.1 Å². The number of fused-ring (bicyclic) bond motifs is 1. The van der Waals surface area contributed by atoms with Crippen molar-refractivity contribution in [3.8, 4) is 0 Å². The van der Waals surface area contributed by atoms with E-state index in [1.54, 1.807) is 6.20 Å². The van der Waals surface area contributed by atoms with Gasteiger partial charge in [0.1, 0.15) is 5.82 Å². The molecule has 1 saturated carbocycles. The number of nitrogens with one attached hydrogen (secondary N) is 2. The number of hydrogen-bond donors (Lipinski definition) is 2. The lowest BCUT2D eigenvalue weighted by atomic mass is 9.92. The second-order valence-corrected chi connectivity index (χ2v) is 4.45. The van der Waals surface area contributed by atoms with Gasteiger partial charge in [-0.2, -0.15) is 15.1 Å². The summed E-state index contributed by atoms with van der Waals surface area (Å²) in [6.07, 6.45) is 5.59. The Balaban J connectivity index is 2.08. The van der Waals surface area contributed by atoms with Gasteiger partial charge < -0.3 is 10.2 Å². The van der Waals surface area contributed by atoms with E-state index >= 15 is 0 Å². The molecule has 0 spiro atoms. The van der Waals surface area contributed by atoms with Gasteiger partial charge in [-0.05, 0) is 19.3 Å². The van der Waals surface area contributed by atoms with Crippen molar-refractivity contribution >= 4 is 22.8 Å². The summed E-state index contributed by atoms with van der Waals surface area (Å²) in [4.78, 5) is 11.1. The van der Waals surface area contributed by atoms with Gasteiger partial charge in [0.25, 0.3) is 0 Å². The molecule has 0 aliphatic heterocycles. The molecule has 0 bridgehead atoms. The van der Waals surface area contributed by atoms with Crippen LogP contribution in [0.25, 0.3) is 11.0 Å². The Morgan fingerprint density at radius 2 is 2.24 bits per heavy atom. The number of aromatic amines is 1. The van der Waals surface area contributed by atoms with Crippen molar-refractivity contribution in [2.75, 3.05) is 24.3 Å². The number of H-pyrrole nitrogens is 1. The van der Waals surface area contributed by atoms with Crippen LogP contribution in [-0.2, 0) is 0 Å². The van der Waals surface area contributed by atoms with E-state index in [4.69, 9.17) is 0 Å². The van der Waals surface area contributed by atoms with Crippen molar-refractivity contribution in [2.45, 2.75) is 25.3 Å². The normalized spacial score (nSPS) is 15.9. The fourth-order valence-corrected chi connectivity index (χ4v) is 2.15. The zero-order valence-electron chi connectivity index (χ0n) is 10.1. The Morgan fingerprint density at radius 3 is 2.88 bits per heavy atom. The van der Waals surface area contributed by atoms with Crippen molar-refractivity contribution in [3.05, 3.63) is 6.20 Å². The maximum absolute atomic E-state index is 4.54. The van der Waals surface area contributed by atoms with Crippen molar-refractivity contribution in [3.63, 3.8) is 0 Å². The van der Waals surface area contributed by atoms with Gasteiger partial charge in [0.15, 0.2) is 5.65 Å². The molecule has 3 rings (SSSR count). The molecule has 2 heterocycles. The molecular formula is C11H16N6. The highest BCUT2D eigenvalue weighted by molar-refractivity contribution is 5.87. The fraction of sp³-hybridized carbons (Fsp3) is 0.545. The van der Waals surface area contributed by atoms with Gasteiger partial charge in [-0.15, -0.1) is 0 Å². The molecular weight excluding hydrogens is 216 g/mol. The van der Waals surface area contributed by atoms with E-state index in [-0.39, 0.29) is 0 Å². The Kier molecular flexibility index (Phi) is 2.35. The lowest BCUT2D eigenvalue weighted by molar-refractivity contribution is 0.400. The molecule has 0 unspecified atom stereocenters. The van der Waals surface area contributed by atoms with Crippen LogP contribution in [0.4, 0.5) is 11.8 Å². The quantitative estimate of drug-likeness (QED) is 0.836.